The molecule has 0 radical (unpaired) electrons. The van der Waals surface area contributed by atoms with E-state index < -0.39 is 0 Å². The molecular formula is C34H71P. The highest BCUT2D eigenvalue weighted by molar-refractivity contribution is 7.57. The molecule has 0 bridgehead atoms. The van der Waals surface area contributed by atoms with Gasteiger partial charge in [-0.05, 0) is 37.7 Å². The average Bonchev–Trinajstić information content (AvgIpc) is 2.87. The van der Waals surface area contributed by atoms with Crippen molar-refractivity contribution in [2.24, 2.45) is 0 Å². The summed E-state index contributed by atoms with van der Waals surface area (Å²) in [5.41, 5.74) is 1.07. The zero-order valence-corrected chi connectivity index (χ0v) is 26.4. The molecule has 1 unspecified atom stereocenters. The van der Waals surface area contributed by atoms with Gasteiger partial charge in [0.15, 0.2) is 0 Å². The summed E-state index contributed by atoms with van der Waals surface area (Å²) in [5.74, 6) is 0. The van der Waals surface area contributed by atoms with Gasteiger partial charge in [0.1, 0.15) is 0 Å². The van der Waals surface area contributed by atoms with Crippen LogP contribution < -0.4 is 0 Å². The Balaban J connectivity index is 3.73. The molecule has 0 heterocycles. The van der Waals surface area contributed by atoms with Gasteiger partial charge in [0.25, 0.3) is 0 Å². The fourth-order valence-electron chi connectivity index (χ4n) is 5.62. The minimum Gasteiger partial charge on any atom is -0.107 e. The smallest absolute Gasteiger partial charge is 0.0212 e. The van der Waals surface area contributed by atoms with Crippen molar-refractivity contribution in [2.45, 2.75) is 206 Å². The number of hydrogen-bond acceptors (Lipinski definition) is 0. The molecule has 0 aliphatic heterocycles. The fourth-order valence-corrected chi connectivity index (χ4v) is 8.04. The van der Waals surface area contributed by atoms with Gasteiger partial charge in [-0.25, -0.2) is 0 Å². The maximum absolute atomic E-state index is 2.64. The average molecular weight is 511 g/mol. The van der Waals surface area contributed by atoms with Crippen LogP contribution >= 0.6 is 7.92 Å². The van der Waals surface area contributed by atoms with E-state index in [1.807, 2.05) is 0 Å². The van der Waals surface area contributed by atoms with Gasteiger partial charge in [-0.3, -0.25) is 0 Å². The molecular weight excluding hydrogens is 439 g/mol. The van der Waals surface area contributed by atoms with Crippen molar-refractivity contribution in [3.63, 3.8) is 0 Å². The first kappa shape index (κ1) is 35.4. The van der Waals surface area contributed by atoms with E-state index in [0.717, 1.165) is 5.66 Å². The van der Waals surface area contributed by atoms with Gasteiger partial charge in [0.05, 0.1) is 0 Å². The van der Waals surface area contributed by atoms with E-state index in [0.29, 0.717) is 0 Å². The van der Waals surface area contributed by atoms with Crippen molar-refractivity contribution in [1.29, 1.82) is 0 Å². The lowest BCUT2D eigenvalue weighted by molar-refractivity contribution is 0.517. The summed E-state index contributed by atoms with van der Waals surface area (Å²) < 4.78 is 0. The van der Waals surface area contributed by atoms with Crippen molar-refractivity contribution < 1.29 is 0 Å². The Labute approximate surface area is 226 Å². The Morgan fingerprint density at radius 3 is 0.886 bits per heavy atom. The summed E-state index contributed by atoms with van der Waals surface area (Å²) in [4.78, 5) is 0. The van der Waals surface area contributed by atoms with E-state index in [4.69, 9.17) is 0 Å². The first-order valence-corrected chi connectivity index (χ1v) is 19.0. The van der Waals surface area contributed by atoms with Crippen LogP contribution in [0.15, 0.2) is 0 Å². The summed E-state index contributed by atoms with van der Waals surface area (Å²) in [6.07, 6.45) is 42.9. The van der Waals surface area contributed by atoms with Gasteiger partial charge in [0.2, 0.25) is 0 Å². The number of unbranched alkanes of at least 4 members (excludes halogenated alkanes) is 23. The van der Waals surface area contributed by atoms with Crippen LogP contribution in [0.2, 0.25) is 0 Å². The van der Waals surface area contributed by atoms with Crippen molar-refractivity contribution in [2.75, 3.05) is 12.8 Å². The molecule has 0 aliphatic rings. The van der Waals surface area contributed by atoms with Crippen LogP contribution in [-0.2, 0) is 0 Å². The minimum atomic E-state index is 0.272. The zero-order valence-electron chi connectivity index (χ0n) is 25.5. The molecule has 1 heteroatoms. The van der Waals surface area contributed by atoms with Gasteiger partial charge >= 0.3 is 0 Å². The van der Waals surface area contributed by atoms with E-state index in [2.05, 4.69) is 27.4 Å². The molecule has 212 valence electrons. The quantitative estimate of drug-likeness (QED) is 0.0665. The lowest BCUT2D eigenvalue weighted by atomic mass is 10.0. The minimum absolute atomic E-state index is 0.272. The predicted molar refractivity (Wildman–Crippen MR) is 168 cm³/mol. The predicted octanol–water partition coefficient (Wildman–Crippen LogP) is 13.4. The summed E-state index contributed by atoms with van der Waals surface area (Å²) in [5, 5.41) is 0. The molecule has 0 saturated heterocycles. The molecule has 0 spiro atoms. The second-order valence-electron chi connectivity index (χ2n) is 11.8. The largest absolute Gasteiger partial charge is 0.107 e. The molecule has 0 N–H and O–H groups in total. The second kappa shape index (κ2) is 30.7. The van der Waals surface area contributed by atoms with Crippen LogP contribution in [0.1, 0.15) is 201 Å². The van der Waals surface area contributed by atoms with Crippen molar-refractivity contribution in [1.82, 2.24) is 0 Å². The van der Waals surface area contributed by atoms with Gasteiger partial charge in [-0.1, -0.05) is 181 Å². The first-order valence-electron chi connectivity index (χ1n) is 17.0. The van der Waals surface area contributed by atoms with Gasteiger partial charge < -0.3 is 0 Å². The lowest BCUT2D eigenvalue weighted by Gasteiger charge is -2.25. The molecule has 0 rings (SSSR count). The highest BCUT2D eigenvalue weighted by Gasteiger charge is 2.15. The third-order valence-corrected chi connectivity index (χ3v) is 11.1. The SMILES string of the molecule is CCCCCCCCCCCCCCC(CCCCCCCCCCCCCC)P(C)CCCC. The normalized spacial score (nSPS) is 12.6. The van der Waals surface area contributed by atoms with E-state index in [-0.39, 0.29) is 7.92 Å². The Morgan fingerprint density at radius 2 is 0.600 bits per heavy atom. The maximum Gasteiger partial charge on any atom is -0.0212 e. The molecule has 0 amide bonds. The Hall–Kier alpha value is 0.430. The van der Waals surface area contributed by atoms with Crippen LogP contribution in [0, 0.1) is 0 Å². The molecule has 0 aromatic heterocycles. The van der Waals surface area contributed by atoms with Gasteiger partial charge in [-0.2, -0.15) is 0 Å². The molecule has 35 heavy (non-hydrogen) atoms. The van der Waals surface area contributed by atoms with Gasteiger partial charge in [0, 0.05) is 0 Å². The lowest BCUT2D eigenvalue weighted by Crippen LogP contribution is -2.08. The molecule has 0 fully saturated rings. The van der Waals surface area contributed by atoms with E-state index in [9.17, 15) is 0 Å². The van der Waals surface area contributed by atoms with Gasteiger partial charge in [-0.15, -0.1) is 7.92 Å². The van der Waals surface area contributed by atoms with Crippen molar-refractivity contribution in [3.05, 3.63) is 0 Å². The van der Waals surface area contributed by atoms with Crippen LogP contribution in [-0.4, -0.2) is 18.5 Å². The van der Waals surface area contributed by atoms with Crippen LogP contribution in [0.3, 0.4) is 0 Å². The molecule has 0 aliphatic carbocycles. The molecule has 0 nitrogen and oxygen atoms in total. The highest BCUT2D eigenvalue weighted by atomic mass is 31.1. The number of hydrogen-bond donors (Lipinski definition) is 0. The van der Waals surface area contributed by atoms with Crippen molar-refractivity contribution in [3.8, 4) is 0 Å². The number of rotatable bonds is 30. The summed E-state index contributed by atoms with van der Waals surface area (Å²) in [6, 6.07) is 0. The third kappa shape index (κ3) is 27.3. The first-order chi connectivity index (χ1) is 17.3. The Morgan fingerprint density at radius 1 is 0.343 bits per heavy atom. The third-order valence-electron chi connectivity index (χ3n) is 8.27. The van der Waals surface area contributed by atoms with Crippen LogP contribution in [0.25, 0.3) is 0 Å². The monoisotopic (exact) mass is 511 g/mol. The molecule has 0 aromatic rings. The molecule has 0 aromatic carbocycles. The van der Waals surface area contributed by atoms with E-state index >= 15 is 0 Å². The topological polar surface area (TPSA) is 0 Å². The molecule has 1 atom stereocenters. The fraction of sp³-hybridized carbons (Fsp3) is 1.00. The van der Waals surface area contributed by atoms with Crippen molar-refractivity contribution >= 4 is 7.92 Å². The summed E-state index contributed by atoms with van der Waals surface area (Å²) in [6.45, 7) is 9.63. The van der Waals surface area contributed by atoms with E-state index in [1.165, 1.54) is 173 Å². The highest BCUT2D eigenvalue weighted by Crippen LogP contribution is 2.43. The summed E-state index contributed by atoms with van der Waals surface area (Å²) in [7, 11) is 0.272. The Bertz CT molecular complexity index is 338. The zero-order chi connectivity index (χ0) is 25.7. The standard InChI is InChI=1S/C34H71P/c1-5-8-11-13-15-17-19-21-23-25-27-29-31-34(35(4)33-10-7-3)32-30-28-26-24-22-20-18-16-14-12-9-6-2/h34H,5-33H2,1-4H3. The Kier molecular flexibility index (Phi) is 31.0. The van der Waals surface area contributed by atoms with Crippen LogP contribution in [0.4, 0.5) is 0 Å². The second-order valence-corrected chi connectivity index (χ2v) is 14.5. The van der Waals surface area contributed by atoms with Crippen LogP contribution in [0.5, 0.6) is 0 Å². The molecule has 0 saturated carbocycles. The maximum atomic E-state index is 2.64. The summed E-state index contributed by atoms with van der Waals surface area (Å²) >= 11 is 0. The van der Waals surface area contributed by atoms with E-state index in [1.54, 1.807) is 12.8 Å².